The maximum atomic E-state index is 13.1. The number of halogens is 1. The van der Waals surface area contributed by atoms with Crippen LogP contribution in [-0.4, -0.2) is 17.8 Å². The molecule has 0 spiro atoms. The lowest BCUT2D eigenvalue weighted by Crippen LogP contribution is -2.30. The van der Waals surface area contributed by atoms with Crippen molar-refractivity contribution in [2.45, 2.75) is 25.9 Å². The van der Waals surface area contributed by atoms with Crippen molar-refractivity contribution in [3.8, 4) is 5.75 Å². The van der Waals surface area contributed by atoms with Crippen molar-refractivity contribution in [1.29, 1.82) is 0 Å². The maximum absolute atomic E-state index is 13.1. The van der Waals surface area contributed by atoms with Crippen LogP contribution in [0.2, 0.25) is 0 Å². The van der Waals surface area contributed by atoms with Gasteiger partial charge in [-0.1, -0.05) is 18.2 Å². The zero-order valence-electron chi connectivity index (χ0n) is 12.6. The van der Waals surface area contributed by atoms with Crippen molar-refractivity contribution in [2.24, 2.45) is 0 Å². The van der Waals surface area contributed by atoms with Crippen LogP contribution in [0.25, 0.3) is 0 Å². The first kappa shape index (κ1) is 15.2. The van der Waals surface area contributed by atoms with Crippen molar-refractivity contribution in [3.63, 3.8) is 0 Å². The Morgan fingerprint density at radius 1 is 1.22 bits per heavy atom. The van der Waals surface area contributed by atoms with Crippen molar-refractivity contribution in [2.75, 3.05) is 5.32 Å². The molecular weight excluding hydrogens is 297 g/mol. The van der Waals surface area contributed by atoms with E-state index in [1.165, 1.54) is 18.2 Å². The fourth-order valence-corrected chi connectivity index (χ4v) is 2.62. The van der Waals surface area contributed by atoms with E-state index in [-0.39, 0.29) is 11.7 Å². The van der Waals surface area contributed by atoms with Gasteiger partial charge in [0.05, 0.1) is 0 Å². The average Bonchev–Trinajstić information content (AvgIpc) is 2.90. The van der Waals surface area contributed by atoms with E-state index in [1.54, 1.807) is 31.2 Å². The molecule has 4 nitrogen and oxygen atoms in total. The smallest absolute Gasteiger partial charge is 0.265 e. The predicted molar refractivity (Wildman–Crippen MR) is 84.2 cm³/mol. The third kappa shape index (κ3) is 3.23. The topological polar surface area (TPSA) is 55.4 Å². The highest BCUT2D eigenvalue weighted by Crippen LogP contribution is 2.31. The van der Waals surface area contributed by atoms with Gasteiger partial charge in [0.15, 0.2) is 11.9 Å². The lowest BCUT2D eigenvalue weighted by molar-refractivity contribution is -0.122. The van der Waals surface area contributed by atoms with Crippen LogP contribution in [-0.2, 0) is 11.2 Å². The molecule has 0 radical (unpaired) electrons. The van der Waals surface area contributed by atoms with Crippen LogP contribution in [0.15, 0.2) is 42.5 Å². The Morgan fingerprint density at radius 3 is 2.78 bits per heavy atom. The first-order valence-electron chi connectivity index (χ1n) is 7.43. The highest BCUT2D eigenvalue weighted by molar-refractivity contribution is 6.01. The van der Waals surface area contributed by atoms with E-state index < -0.39 is 11.9 Å². The highest BCUT2D eigenvalue weighted by atomic mass is 19.1. The highest BCUT2D eigenvalue weighted by Gasteiger charge is 2.24. The summed E-state index contributed by atoms with van der Waals surface area (Å²) in [7, 11) is 0. The quantitative estimate of drug-likeness (QED) is 0.941. The van der Waals surface area contributed by atoms with Crippen LogP contribution in [0, 0.1) is 5.82 Å². The molecule has 0 saturated carbocycles. The third-order valence-electron chi connectivity index (χ3n) is 3.80. The molecule has 23 heavy (non-hydrogen) atoms. The molecule has 1 aliphatic carbocycles. The monoisotopic (exact) mass is 313 g/mol. The van der Waals surface area contributed by atoms with Gasteiger partial charge in [0.25, 0.3) is 5.91 Å². The van der Waals surface area contributed by atoms with Gasteiger partial charge in [0.2, 0.25) is 0 Å². The molecule has 1 atom stereocenters. The van der Waals surface area contributed by atoms with Gasteiger partial charge < -0.3 is 10.1 Å². The Balaban J connectivity index is 1.71. The molecule has 0 aromatic heterocycles. The molecule has 2 aromatic carbocycles. The zero-order valence-corrected chi connectivity index (χ0v) is 12.6. The number of Topliss-reactive ketones (excluding diaryl/α,β-unsaturated/α-hetero) is 1. The molecule has 1 N–H and O–H groups in total. The summed E-state index contributed by atoms with van der Waals surface area (Å²) in [4.78, 5) is 23.9. The Morgan fingerprint density at radius 2 is 2.00 bits per heavy atom. The van der Waals surface area contributed by atoms with Crippen molar-refractivity contribution < 1.29 is 18.7 Å². The molecule has 0 unspecified atom stereocenters. The second-order valence-electron chi connectivity index (χ2n) is 5.47. The maximum Gasteiger partial charge on any atom is 0.265 e. The number of ether oxygens (including phenoxy) is 1. The van der Waals surface area contributed by atoms with Gasteiger partial charge in [0.1, 0.15) is 11.6 Å². The van der Waals surface area contributed by atoms with Gasteiger partial charge in [-0.2, -0.15) is 0 Å². The molecule has 0 heterocycles. The minimum Gasteiger partial charge on any atom is -0.481 e. The first-order chi connectivity index (χ1) is 11.0. The van der Waals surface area contributed by atoms with E-state index in [2.05, 4.69) is 5.32 Å². The number of rotatable bonds is 4. The summed E-state index contributed by atoms with van der Waals surface area (Å²) >= 11 is 0. The van der Waals surface area contributed by atoms with Crippen LogP contribution in [0.5, 0.6) is 5.75 Å². The van der Waals surface area contributed by atoms with Gasteiger partial charge in [-0.15, -0.1) is 0 Å². The molecule has 118 valence electrons. The minimum absolute atomic E-state index is 0.0994. The predicted octanol–water partition coefficient (Wildman–Crippen LogP) is 3.36. The van der Waals surface area contributed by atoms with E-state index in [0.29, 0.717) is 29.8 Å². The average molecular weight is 313 g/mol. The Hall–Kier alpha value is -2.69. The molecule has 2 aromatic rings. The van der Waals surface area contributed by atoms with E-state index in [9.17, 15) is 14.0 Å². The Kier molecular flexibility index (Phi) is 4.10. The molecule has 1 amide bonds. The molecule has 5 heteroatoms. The van der Waals surface area contributed by atoms with Crippen molar-refractivity contribution in [1.82, 2.24) is 0 Å². The third-order valence-corrected chi connectivity index (χ3v) is 3.80. The molecule has 0 bridgehead atoms. The normalized spacial score (nSPS) is 14.3. The van der Waals surface area contributed by atoms with Gasteiger partial charge in [0, 0.05) is 23.2 Å². The number of benzene rings is 2. The Bertz CT molecular complexity index is 773. The Labute approximate surface area is 133 Å². The number of ketones is 1. The van der Waals surface area contributed by atoms with Crippen molar-refractivity contribution >= 4 is 17.4 Å². The molecule has 0 saturated heterocycles. The fraction of sp³-hybridized carbons (Fsp3) is 0.222. The molecule has 1 aliphatic rings. The molecule has 0 fully saturated rings. The summed E-state index contributed by atoms with van der Waals surface area (Å²) in [6, 6.07) is 10.9. The summed E-state index contributed by atoms with van der Waals surface area (Å²) < 4.78 is 18.8. The summed E-state index contributed by atoms with van der Waals surface area (Å²) in [5, 5.41) is 2.61. The van der Waals surface area contributed by atoms with Crippen LogP contribution in [0.3, 0.4) is 0 Å². The summed E-state index contributed by atoms with van der Waals surface area (Å²) in [6.45, 7) is 1.62. The minimum atomic E-state index is -0.763. The number of amides is 1. The van der Waals surface area contributed by atoms with Gasteiger partial charge in [-0.25, -0.2) is 4.39 Å². The first-order valence-corrected chi connectivity index (χ1v) is 7.43. The number of carbonyl (C=O) groups is 2. The van der Waals surface area contributed by atoms with E-state index in [0.717, 1.165) is 5.56 Å². The zero-order chi connectivity index (χ0) is 16.4. The summed E-state index contributed by atoms with van der Waals surface area (Å²) in [6.07, 6.45) is 0.336. The van der Waals surface area contributed by atoms with Crippen molar-refractivity contribution in [3.05, 3.63) is 59.4 Å². The SMILES string of the molecule is C[C@H](Oc1cccc2c1CCC2=O)C(=O)Nc1cccc(F)c1. The molecule has 0 aliphatic heterocycles. The van der Waals surface area contributed by atoms with Crippen LogP contribution >= 0.6 is 0 Å². The number of anilines is 1. The second kappa shape index (κ2) is 6.20. The summed E-state index contributed by atoms with van der Waals surface area (Å²) in [5.41, 5.74) is 1.89. The molecular formula is C18H16FNO3. The number of carbonyl (C=O) groups excluding carboxylic acids is 2. The number of fused-ring (bicyclic) bond motifs is 1. The van der Waals surface area contributed by atoms with Gasteiger partial charge in [-0.3, -0.25) is 9.59 Å². The van der Waals surface area contributed by atoms with Crippen LogP contribution < -0.4 is 10.1 Å². The second-order valence-corrected chi connectivity index (χ2v) is 5.47. The number of hydrogen-bond donors (Lipinski definition) is 1. The van der Waals surface area contributed by atoms with Gasteiger partial charge >= 0.3 is 0 Å². The largest absolute Gasteiger partial charge is 0.481 e. The molecule has 3 rings (SSSR count). The van der Waals surface area contributed by atoms with Gasteiger partial charge in [-0.05, 0) is 37.6 Å². The van der Waals surface area contributed by atoms with E-state index >= 15 is 0 Å². The number of nitrogens with one attached hydrogen (secondary N) is 1. The van der Waals surface area contributed by atoms with E-state index in [1.807, 2.05) is 0 Å². The van der Waals surface area contributed by atoms with E-state index in [4.69, 9.17) is 4.74 Å². The lowest BCUT2D eigenvalue weighted by Gasteiger charge is -2.17. The van der Waals surface area contributed by atoms with Crippen LogP contribution in [0.4, 0.5) is 10.1 Å². The summed E-state index contributed by atoms with van der Waals surface area (Å²) in [5.74, 6) is -0.147. The van der Waals surface area contributed by atoms with Crippen LogP contribution in [0.1, 0.15) is 29.3 Å². The lowest BCUT2D eigenvalue weighted by atomic mass is 10.1. The fourth-order valence-electron chi connectivity index (χ4n) is 2.62. The number of hydrogen-bond acceptors (Lipinski definition) is 3. The standard InChI is InChI=1S/C18H16FNO3/c1-11(18(22)20-13-5-2-4-12(19)10-13)23-17-7-3-6-14-15(17)8-9-16(14)21/h2-7,10-11H,8-9H2,1H3,(H,20,22)/t11-/m0/s1.